The number of ether oxygens (including phenoxy) is 1. The number of carbonyl (C=O) groups is 15. The Kier molecular flexibility index (Phi) is 41.8. The molecule has 0 spiro atoms. The van der Waals surface area contributed by atoms with Gasteiger partial charge in [0, 0.05) is 51.5 Å². The van der Waals surface area contributed by atoms with E-state index in [2.05, 4.69) is 84.4 Å². The highest BCUT2D eigenvalue weighted by atomic mass is 16.5. The monoisotopic (exact) mass is 1750 g/mol. The quantitative estimate of drug-likeness (QED) is 0.00852. The van der Waals surface area contributed by atoms with Crippen molar-refractivity contribution in [3.05, 3.63) is 114 Å². The highest BCUT2D eigenvalue weighted by Crippen LogP contribution is 2.41. The van der Waals surface area contributed by atoms with Crippen molar-refractivity contribution in [3.63, 3.8) is 0 Å². The van der Waals surface area contributed by atoms with E-state index >= 15 is 0 Å². The Labute approximate surface area is 722 Å². The zero-order chi connectivity index (χ0) is 92.7. The number of imidazole rings is 1. The van der Waals surface area contributed by atoms with Crippen LogP contribution in [0.1, 0.15) is 141 Å². The number of nitrogens with zero attached hydrogens (tertiary/aromatic N) is 1. The van der Waals surface area contributed by atoms with Gasteiger partial charge in [0.05, 0.1) is 42.4 Å². The Morgan fingerprint density at radius 3 is 1.36 bits per heavy atom. The van der Waals surface area contributed by atoms with Crippen LogP contribution in [0.5, 0.6) is 11.5 Å². The zero-order valence-electron chi connectivity index (χ0n) is 70.8. The number of hydrogen-bond donors (Lipinski definition) is 27. The molecule has 0 radical (unpaired) electrons. The van der Waals surface area contributed by atoms with Crippen molar-refractivity contribution >= 4 is 107 Å². The van der Waals surface area contributed by atoms with E-state index in [0.29, 0.717) is 28.8 Å². The smallest absolute Gasteiger partial charge is 0.312 e. The topological polar surface area (TPSA) is 757 Å². The van der Waals surface area contributed by atoms with Gasteiger partial charge in [0.2, 0.25) is 82.7 Å². The number of nitrogens with two attached hydrogens (primary N) is 7. The number of benzene rings is 3. The number of aromatic nitrogens is 2. The van der Waals surface area contributed by atoms with E-state index in [9.17, 15) is 82.1 Å². The second kappa shape index (κ2) is 51.3. The standard InChI is InChI=1S/C81H122N26O18/c1-7-42(5)63(105-74(120)56(35-45-22-26-49(109)27-23-45)103-71(117)57(36-47-38-92-40-96-47)101-67(113)50(82)17-12-30-93-79(86)87)76(122)104-58(37-60(84)111)72(118)102-55(33-41(3)4)73(119)106-64(43(6)8-2)77(123)107-65-61(62(65)78(124)125-39-46-15-10-9-11-16-46)75(121)99-52(19-14-32-95-81(90)91)68(114)98-53(28-29-59(83)110)70(116)97-51(18-13-31-94-80(88)89)69(115)100-54(66(85)112)34-44-20-24-48(108)25-21-44/h9-11,15-16,20-27,38,40-43,50-58,61-65,108-109H,7-8,12-14,17-19,28-37,39,82H2,1-6H3,(H2,83,110)(H2,84,111)(H2,85,112)(H,92,96)(H,97,116)(H,98,114)(H,99,121)(H,100,115)(H,101,113)(H,102,118)(H,103,117)(H,104,122)(H,105,120)(H,106,119)(H,107,123)(H4,86,87,93)(H4,88,89,94)(H4,90,91,95)/t42-,43-,50-,51-,52-,53-,54-,55-,56-,57-,58-,61+,62+,63-,64-,65-/m0/s1. The van der Waals surface area contributed by atoms with E-state index in [1.807, 2.05) is 0 Å². The molecule has 44 heteroatoms. The van der Waals surface area contributed by atoms with E-state index in [-0.39, 0.29) is 114 Å². The summed E-state index contributed by atoms with van der Waals surface area (Å²) in [6.45, 7) is 9.86. The van der Waals surface area contributed by atoms with E-state index < -0.39 is 222 Å². The number of nitrogens with one attached hydrogen (secondary N) is 18. The summed E-state index contributed by atoms with van der Waals surface area (Å²) >= 11 is 0. The van der Waals surface area contributed by atoms with Crippen LogP contribution in [0.3, 0.4) is 0 Å². The summed E-state index contributed by atoms with van der Waals surface area (Å²) in [4.78, 5) is 220. The molecule has 4 aromatic rings. The van der Waals surface area contributed by atoms with Crippen molar-refractivity contribution < 1.29 is 86.9 Å². The van der Waals surface area contributed by atoms with Crippen LogP contribution in [0.4, 0.5) is 0 Å². The second-order valence-corrected chi connectivity index (χ2v) is 31.2. The SMILES string of the molecule is CC[C@H](C)[C@H](NC(=O)[C@H](CC(C)C)NC(=O)[C@H](CC(N)=O)NC(=O)[C@@H](NC(=O)[C@H](Cc1ccc(O)cc1)NC(=O)[C@H](Cc1c[nH]cn1)NC(=O)[C@@H](N)CCCNC(=N)N)[C@@H](C)CC)C(=O)N[C@H]1[C@H](C(=O)N[C@@H](CCCNC(=N)N)C(=O)N[C@@H](CCC(N)=O)C(=O)N[C@@H](CCCNC(=N)N)C(=O)N[C@@H](Cc2ccc(O)cc2)C(N)=O)[C@H]1C(=O)OCc1ccccc1. The molecule has 0 unspecified atom stereocenters. The number of rotatable bonds is 55. The van der Waals surface area contributed by atoms with Gasteiger partial charge in [-0.25, -0.2) is 4.98 Å². The maximum atomic E-state index is 15.0. The van der Waals surface area contributed by atoms with Crippen LogP contribution in [-0.4, -0.2) is 219 Å². The number of aromatic amines is 1. The number of carbonyl (C=O) groups excluding carboxylic acids is 15. The van der Waals surface area contributed by atoms with Gasteiger partial charge in [-0.05, 0) is 110 Å². The first-order valence-electron chi connectivity index (χ1n) is 41.1. The van der Waals surface area contributed by atoms with E-state index in [4.69, 9.17) is 61.1 Å². The minimum atomic E-state index is -1.84. The van der Waals surface area contributed by atoms with E-state index in [1.54, 1.807) is 71.9 Å². The van der Waals surface area contributed by atoms with Gasteiger partial charge < -0.3 is 135 Å². The highest BCUT2D eigenvalue weighted by Gasteiger charge is 2.62. The van der Waals surface area contributed by atoms with Gasteiger partial charge in [-0.15, -0.1) is 0 Å². The summed E-state index contributed by atoms with van der Waals surface area (Å²) in [6.07, 6.45) is 0.631. The number of esters is 1. The maximum absolute atomic E-state index is 15.0. The molecule has 1 aromatic heterocycles. The molecule has 1 aliphatic carbocycles. The molecule has 125 heavy (non-hydrogen) atoms. The molecular formula is C81H122N26O18. The minimum Gasteiger partial charge on any atom is -0.508 e. The maximum Gasteiger partial charge on any atom is 0.312 e. The van der Waals surface area contributed by atoms with Gasteiger partial charge >= 0.3 is 5.97 Å². The normalized spacial score (nSPS) is 16.3. The first-order chi connectivity index (χ1) is 59.2. The Morgan fingerprint density at radius 1 is 0.456 bits per heavy atom. The van der Waals surface area contributed by atoms with Gasteiger partial charge in [-0.2, -0.15) is 0 Å². The van der Waals surface area contributed by atoms with E-state index in [0.717, 1.165) is 0 Å². The molecule has 684 valence electrons. The molecule has 34 N–H and O–H groups in total. The predicted molar refractivity (Wildman–Crippen MR) is 456 cm³/mol. The highest BCUT2D eigenvalue weighted by molar-refractivity contribution is 6.01. The Hall–Kier alpha value is -13.7. The Morgan fingerprint density at radius 2 is 0.880 bits per heavy atom. The van der Waals surface area contributed by atoms with Gasteiger partial charge in [0.15, 0.2) is 17.9 Å². The fraction of sp³-hybridized carbons (Fsp3) is 0.519. The number of primary amides is 3. The van der Waals surface area contributed by atoms with Gasteiger partial charge in [-0.3, -0.25) is 88.1 Å². The van der Waals surface area contributed by atoms with Gasteiger partial charge in [-0.1, -0.05) is 109 Å². The Balaban J connectivity index is 1.42. The number of H-pyrrole nitrogens is 1. The number of aromatic hydroxyl groups is 2. The summed E-state index contributed by atoms with van der Waals surface area (Å²) < 4.78 is 5.71. The molecule has 3 aromatic carbocycles. The molecule has 1 saturated carbocycles. The molecule has 44 nitrogen and oxygen atoms in total. The average Bonchev–Trinajstić information content (AvgIpc) is 1.59. The second-order valence-electron chi connectivity index (χ2n) is 31.2. The third kappa shape index (κ3) is 35.7. The first-order valence-corrected chi connectivity index (χ1v) is 41.1. The van der Waals surface area contributed by atoms with Crippen LogP contribution in [0.15, 0.2) is 91.4 Å². The summed E-state index contributed by atoms with van der Waals surface area (Å²) in [5, 5.41) is 79.2. The lowest BCUT2D eigenvalue weighted by molar-refractivity contribution is -0.148. The minimum absolute atomic E-state index is 0.0158. The summed E-state index contributed by atoms with van der Waals surface area (Å²) in [7, 11) is 0. The third-order valence-corrected chi connectivity index (χ3v) is 20.6. The fourth-order valence-corrected chi connectivity index (χ4v) is 13.2. The van der Waals surface area contributed by atoms with Crippen LogP contribution >= 0.6 is 0 Å². The number of phenolic OH excluding ortho intramolecular Hbond substituents is 2. The lowest BCUT2D eigenvalue weighted by Gasteiger charge is -2.30. The van der Waals surface area contributed by atoms with Crippen molar-refractivity contribution in [2.24, 2.45) is 69.7 Å². The first kappa shape index (κ1) is 102. The van der Waals surface area contributed by atoms with Crippen molar-refractivity contribution in [2.45, 2.75) is 217 Å². The van der Waals surface area contributed by atoms with Crippen molar-refractivity contribution in [3.8, 4) is 11.5 Å². The lowest BCUT2D eigenvalue weighted by Crippen LogP contribution is -2.62. The predicted octanol–water partition coefficient (Wildman–Crippen LogP) is -4.95. The zero-order valence-corrected chi connectivity index (χ0v) is 70.8. The van der Waals surface area contributed by atoms with Crippen LogP contribution in [0.25, 0.3) is 0 Å². The van der Waals surface area contributed by atoms with Crippen molar-refractivity contribution in [2.75, 3.05) is 19.6 Å². The number of guanidine groups is 3. The molecule has 5 rings (SSSR count). The van der Waals surface area contributed by atoms with Crippen molar-refractivity contribution in [1.29, 1.82) is 16.2 Å². The molecule has 0 aliphatic heterocycles. The largest absolute Gasteiger partial charge is 0.508 e. The van der Waals surface area contributed by atoms with Crippen molar-refractivity contribution in [1.82, 2.24) is 84.4 Å². The average molecular weight is 1750 g/mol. The summed E-state index contributed by atoms with van der Waals surface area (Å²) in [5.41, 5.74) is 41.4. The number of phenols is 2. The molecule has 0 saturated heterocycles. The third-order valence-electron chi connectivity index (χ3n) is 20.6. The van der Waals surface area contributed by atoms with E-state index in [1.165, 1.54) is 61.1 Å². The number of hydrogen-bond acceptors (Lipinski definition) is 23. The number of amides is 14. The lowest BCUT2D eigenvalue weighted by atomic mass is 9.96. The summed E-state index contributed by atoms with van der Waals surface area (Å²) in [6, 6.07) is 1.58. The molecule has 1 aliphatic rings. The summed E-state index contributed by atoms with van der Waals surface area (Å²) in [5.74, 6) is -20.9. The molecule has 0 bridgehead atoms. The molecule has 1 heterocycles. The van der Waals surface area contributed by atoms with Crippen LogP contribution in [0.2, 0.25) is 0 Å². The van der Waals surface area contributed by atoms with Crippen LogP contribution in [-0.2, 0) is 103 Å². The van der Waals surface area contributed by atoms with Gasteiger partial charge in [0.25, 0.3) is 0 Å². The van der Waals surface area contributed by atoms with Crippen LogP contribution < -0.4 is 115 Å². The molecular weight excluding hydrogens is 1630 g/mol. The molecule has 16 atom stereocenters. The van der Waals surface area contributed by atoms with Gasteiger partial charge in [0.1, 0.15) is 78.5 Å². The fourth-order valence-electron chi connectivity index (χ4n) is 13.2. The Bertz CT molecular complexity index is 4350. The molecule has 14 amide bonds. The molecule has 1 fully saturated rings. The van der Waals surface area contributed by atoms with Crippen LogP contribution in [0, 0.1) is 45.8 Å².